The van der Waals surface area contributed by atoms with Gasteiger partial charge in [-0.05, 0) is 43.9 Å². The number of nitrogens with zero attached hydrogens (tertiary/aromatic N) is 2. The highest BCUT2D eigenvalue weighted by atomic mass is 35.5. The van der Waals surface area contributed by atoms with Crippen LogP contribution in [0.2, 0.25) is 5.02 Å². The topological polar surface area (TPSA) is 29.9 Å². The predicted octanol–water partition coefficient (Wildman–Crippen LogP) is 3.28. The third-order valence-electron chi connectivity index (χ3n) is 3.76. The van der Waals surface area contributed by atoms with E-state index in [0.29, 0.717) is 6.04 Å². The Labute approximate surface area is 111 Å². The summed E-state index contributed by atoms with van der Waals surface area (Å²) in [5, 5.41) is 4.35. The van der Waals surface area contributed by atoms with Gasteiger partial charge in [-0.2, -0.15) is 0 Å². The van der Waals surface area contributed by atoms with Crippen molar-refractivity contribution in [2.24, 2.45) is 0 Å². The van der Waals surface area contributed by atoms with Crippen LogP contribution in [0.15, 0.2) is 18.2 Å². The molecular weight excluding hydrogens is 246 g/mol. The van der Waals surface area contributed by atoms with Gasteiger partial charge in [0.1, 0.15) is 5.82 Å². The predicted molar refractivity (Wildman–Crippen MR) is 72.9 cm³/mol. The fourth-order valence-corrected chi connectivity index (χ4v) is 2.67. The van der Waals surface area contributed by atoms with Crippen LogP contribution >= 0.6 is 11.6 Å². The third kappa shape index (κ3) is 1.91. The number of aromatic nitrogens is 2. The van der Waals surface area contributed by atoms with Gasteiger partial charge in [0.05, 0.1) is 17.6 Å². The summed E-state index contributed by atoms with van der Waals surface area (Å²) in [6, 6.07) is 7.36. The number of fused-ring (bicyclic) bond motifs is 1. The molecule has 1 heterocycles. The van der Waals surface area contributed by atoms with Crippen molar-refractivity contribution in [2.45, 2.75) is 44.3 Å². The lowest BCUT2D eigenvalue weighted by molar-refractivity contribution is 0.611. The molecule has 0 aliphatic heterocycles. The molecule has 0 saturated heterocycles. The highest BCUT2D eigenvalue weighted by molar-refractivity contribution is 6.31. The minimum absolute atomic E-state index is 0.643. The molecule has 1 N–H and O–H groups in total. The van der Waals surface area contributed by atoms with Gasteiger partial charge in [-0.25, -0.2) is 4.98 Å². The number of imidazole rings is 1. The molecule has 2 saturated carbocycles. The first kappa shape index (κ1) is 10.8. The van der Waals surface area contributed by atoms with E-state index in [1.807, 2.05) is 18.2 Å². The molecule has 4 heteroatoms. The molecule has 2 aliphatic rings. The lowest BCUT2D eigenvalue weighted by atomic mass is 10.3. The molecule has 1 aromatic carbocycles. The van der Waals surface area contributed by atoms with E-state index in [9.17, 15) is 0 Å². The van der Waals surface area contributed by atoms with E-state index in [1.165, 1.54) is 37.0 Å². The average Bonchev–Trinajstić information content (AvgIpc) is 3.25. The summed E-state index contributed by atoms with van der Waals surface area (Å²) >= 11 is 6.11. The van der Waals surface area contributed by atoms with Crippen LogP contribution in [0.3, 0.4) is 0 Å². The van der Waals surface area contributed by atoms with E-state index in [1.54, 1.807) is 0 Å². The number of rotatable bonds is 4. The Morgan fingerprint density at radius 3 is 2.83 bits per heavy atom. The zero-order chi connectivity index (χ0) is 12.1. The van der Waals surface area contributed by atoms with E-state index >= 15 is 0 Å². The highest BCUT2D eigenvalue weighted by Crippen LogP contribution is 2.39. The first-order valence-electron chi connectivity index (χ1n) is 6.71. The molecular formula is C14H16ClN3. The van der Waals surface area contributed by atoms with Crippen molar-refractivity contribution in [3.8, 4) is 0 Å². The van der Waals surface area contributed by atoms with Crippen LogP contribution < -0.4 is 5.32 Å². The van der Waals surface area contributed by atoms with Gasteiger partial charge >= 0.3 is 0 Å². The quantitative estimate of drug-likeness (QED) is 0.915. The zero-order valence-electron chi connectivity index (χ0n) is 10.2. The van der Waals surface area contributed by atoms with E-state index in [2.05, 4.69) is 9.88 Å². The van der Waals surface area contributed by atoms with Gasteiger partial charge in [0.25, 0.3) is 0 Å². The molecule has 1 aromatic heterocycles. The molecule has 0 spiro atoms. The van der Waals surface area contributed by atoms with E-state index in [4.69, 9.17) is 16.6 Å². The van der Waals surface area contributed by atoms with Gasteiger partial charge in [-0.1, -0.05) is 11.6 Å². The van der Waals surface area contributed by atoms with Crippen molar-refractivity contribution in [2.75, 3.05) is 0 Å². The second kappa shape index (κ2) is 3.97. The van der Waals surface area contributed by atoms with Crippen LogP contribution in [0.1, 0.15) is 37.5 Å². The SMILES string of the molecule is Clc1ccc2nc(CNC3CC3)n(C3CC3)c2c1. The molecule has 0 unspecified atom stereocenters. The highest BCUT2D eigenvalue weighted by Gasteiger charge is 2.29. The third-order valence-corrected chi connectivity index (χ3v) is 4.00. The standard InChI is InChI=1S/C14H16ClN3/c15-9-1-6-12-13(7-9)18(11-4-5-11)14(17-12)8-16-10-2-3-10/h1,6-7,10-11,16H,2-5,8H2. The van der Waals surface area contributed by atoms with Crippen LogP contribution in [-0.4, -0.2) is 15.6 Å². The molecule has 18 heavy (non-hydrogen) atoms. The summed E-state index contributed by atoms with van der Waals surface area (Å²) in [5.74, 6) is 1.17. The summed E-state index contributed by atoms with van der Waals surface area (Å²) in [6.07, 6.45) is 5.17. The molecule has 0 bridgehead atoms. The van der Waals surface area contributed by atoms with E-state index in [0.717, 1.165) is 23.1 Å². The van der Waals surface area contributed by atoms with Crippen LogP contribution in [-0.2, 0) is 6.54 Å². The Morgan fingerprint density at radius 1 is 1.28 bits per heavy atom. The monoisotopic (exact) mass is 261 g/mol. The average molecular weight is 262 g/mol. The van der Waals surface area contributed by atoms with E-state index in [-0.39, 0.29) is 0 Å². The maximum absolute atomic E-state index is 6.11. The van der Waals surface area contributed by atoms with Crippen molar-refractivity contribution in [3.63, 3.8) is 0 Å². The second-order valence-corrected chi connectivity index (χ2v) is 5.85. The van der Waals surface area contributed by atoms with E-state index < -0.39 is 0 Å². The van der Waals surface area contributed by atoms with Crippen LogP contribution in [0.4, 0.5) is 0 Å². The van der Waals surface area contributed by atoms with Gasteiger partial charge in [-0.3, -0.25) is 0 Å². The first-order chi connectivity index (χ1) is 8.81. The van der Waals surface area contributed by atoms with Gasteiger partial charge in [0.2, 0.25) is 0 Å². The number of halogens is 1. The number of nitrogens with one attached hydrogen (secondary N) is 1. The Balaban J connectivity index is 1.76. The summed E-state index contributed by atoms with van der Waals surface area (Å²) in [6.45, 7) is 0.882. The van der Waals surface area contributed by atoms with Crippen molar-refractivity contribution in [1.29, 1.82) is 0 Å². The fourth-order valence-electron chi connectivity index (χ4n) is 2.50. The molecule has 4 rings (SSSR count). The second-order valence-electron chi connectivity index (χ2n) is 5.42. The largest absolute Gasteiger partial charge is 0.324 e. The summed E-state index contributed by atoms with van der Waals surface area (Å²) in [4.78, 5) is 4.76. The minimum Gasteiger partial charge on any atom is -0.324 e. The molecule has 2 aliphatic carbocycles. The Bertz CT molecular complexity index is 596. The fraction of sp³-hybridized carbons (Fsp3) is 0.500. The van der Waals surface area contributed by atoms with Crippen LogP contribution in [0.25, 0.3) is 11.0 Å². The molecule has 3 nitrogen and oxygen atoms in total. The van der Waals surface area contributed by atoms with Crippen LogP contribution in [0, 0.1) is 0 Å². The number of benzene rings is 1. The van der Waals surface area contributed by atoms with Crippen molar-refractivity contribution in [3.05, 3.63) is 29.0 Å². The first-order valence-corrected chi connectivity index (χ1v) is 7.09. The van der Waals surface area contributed by atoms with Crippen molar-refractivity contribution < 1.29 is 0 Å². The molecule has 0 radical (unpaired) electrons. The normalized spacial score (nSPS) is 19.6. The molecule has 0 amide bonds. The molecule has 0 atom stereocenters. The maximum Gasteiger partial charge on any atom is 0.124 e. The van der Waals surface area contributed by atoms with Crippen LogP contribution in [0.5, 0.6) is 0 Å². The lowest BCUT2D eigenvalue weighted by Crippen LogP contribution is -2.18. The summed E-state index contributed by atoms with van der Waals surface area (Å²) in [7, 11) is 0. The Morgan fingerprint density at radius 2 is 2.11 bits per heavy atom. The Kier molecular flexibility index (Phi) is 2.39. The number of hydrogen-bond acceptors (Lipinski definition) is 2. The number of hydrogen-bond donors (Lipinski definition) is 1. The molecule has 2 fully saturated rings. The minimum atomic E-state index is 0.643. The van der Waals surface area contributed by atoms with Gasteiger partial charge in [-0.15, -0.1) is 0 Å². The molecule has 2 aromatic rings. The maximum atomic E-state index is 6.11. The Hall–Kier alpha value is -1.06. The summed E-state index contributed by atoms with van der Waals surface area (Å²) < 4.78 is 2.39. The smallest absolute Gasteiger partial charge is 0.124 e. The van der Waals surface area contributed by atoms with Crippen molar-refractivity contribution >= 4 is 22.6 Å². The van der Waals surface area contributed by atoms with Gasteiger partial charge < -0.3 is 9.88 Å². The zero-order valence-corrected chi connectivity index (χ0v) is 11.0. The van der Waals surface area contributed by atoms with Crippen molar-refractivity contribution in [1.82, 2.24) is 14.9 Å². The van der Waals surface area contributed by atoms with Gasteiger partial charge in [0, 0.05) is 17.1 Å². The van der Waals surface area contributed by atoms with Gasteiger partial charge in [0.15, 0.2) is 0 Å². The summed E-state index contributed by atoms with van der Waals surface area (Å²) in [5.41, 5.74) is 2.26. The molecule has 94 valence electrons. The lowest BCUT2D eigenvalue weighted by Gasteiger charge is -2.08.